The van der Waals surface area contributed by atoms with Crippen molar-refractivity contribution in [2.45, 2.75) is 118 Å². The van der Waals surface area contributed by atoms with Crippen LogP contribution in [0.1, 0.15) is 39.0 Å². The first kappa shape index (κ1) is 37.6. The zero-order valence-corrected chi connectivity index (χ0v) is 27.1. The van der Waals surface area contributed by atoms with Crippen LogP contribution in [0.15, 0.2) is 11.8 Å². The Labute approximate surface area is 274 Å². The summed E-state index contributed by atoms with van der Waals surface area (Å²) in [6.45, 7) is 2.26. The van der Waals surface area contributed by atoms with Crippen molar-refractivity contribution in [3.63, 3.8) is 0 Å². The van der Waals surface area contributed by atoms with Crippen LogP contribution in [0.25, 0.3) is 0 Å². The molecule has 18 heteroatoms. The summed E-state index contributed by atoms with van der Waals surface area (Å²) in [5.41, 5.74) is 22.2. The van der Waals surface area contributed by atoms with E-state index in [0.717, 1.165) is 12.8 Å². The Morgan fingerprint density at radius 1 is 1.15 bits per heavy atom. The van der Waals surface area contributed by atoms with Crippen LogP contribution in [0.5, 0.6) is 0 Å². The molecule has 2 aliphatic carbocycles. The van der Waals surface area contributed by atoms with Crippen LogP contribution in [-0.4, -0.2) is 144 Å². The molecule has 0 aromatic carbocycles. The molecule has 12 atom stereocenters. The van der Waals surface area contributed by atoms with Crippen molar-refractivity contribution in [2.24, 2.45) is 28.9 Å². The first-order chi connectivity index (χ1) is 22.2. The van der Waals surface area contributed by atoms with E-state index in [9.17, 15) is 25.2 Å². The lowest BCUT2D eigenvalue weighted by Crippen LogP contribution is -2.69. The van der Waals surface area contributed by atoms with Crippen molar-refractivity contribution in [1.29, 1.82) is 5.41 Å². The van der Waals surface area contributed by atoms with Crippen molar-refractivity contribution in [3.05, 3.63) is 11.8 Å². The Balaban J connectivity index is 1.51. The number of amides is 1. The van der Waals surface area contributed by atoms with Crippen LogP contribution in [0.2, 0.25) is 0 Å². The Kier molecular flexibility index (Phi) is 13.2. The van der Waals surface area contributed by atoms with E-state index in [4.69, 9.17) is 47.3 Å². The molecule has 0 bridgehead atoms. The molecule has 270 valence electrons. The number of aliphatic hydroxyl groups excluding tert-OH is 3. The van der Waals surface area contributed by atoms with Crippen molar-refractivity contribution >= 4 is 11.9 Å². The number of nitrogens with two attached hydrogens (primary N) is 4. The summed E-state index contributed by atoms with van der Waals surface area (Å²) in [7, 11) is 1.58. The number of likely N-dealkylation sites (N-methyl/N-ethyl adjacent to an activating group) is 1. The topological polar surface area (TPSA) is 311 Å². The minimum atomic E-state index is -1.47. The van der Waals surface area contributed by atoms with Crippen LogP contribution in [0.4, 0.5) is 0 Å². The minimum Gasteiger partial charge on any atom is -0.467 e. The van der Waals surface area contributed by atoms with Gasteiger partial charge in [-0.2, -0.15) is 0 Å². The molecule has 3 fully saturated rings. The van der Waals surface area contributed by atoms with E-state index in [1.165, 1.54) is 6.92 Å². The largest absolute Gasteiger partial charge is 0.467 e. The Morgan fingerprint density at radius 3 is 2.49 bits per heavy atom. The molecule has 4 rings (SSSR count). The summed E-state index contributed by atoms with van der Waals surface area (Å²) in [5, 5.41) is 62.9. The second-order valence-corrected chi connectivity index (χ2v) is 13.4. The van der Waals surface area contributed by atoms with E-state index in [1.807, 2.05) is 6.08 Å². The van der Waals surface area contributed by atoms with Gasteiger partial charge in [-0.25, -0.2) is 0 Å². The highest BCUT2D eigenvalue weighted by atomic mass is 16.7. The molecule has 1 amide bonds. The van der Waals surface area contributed by atoms with Gasteiger partial charge in [0.1, 0.15) is 41.9 Å². The molecule has 0 aromatic heterocycles. The highest BCUT2D eigenvalue weighted by molar-refractivity contribution is 5.81. The summed E-state index contributed by atoms with van der Waals surface area (Å²) in [4.78, 5) is 13.0. The fourth-order valence-electron chi connectivity index (χ4n) is 6.72. The van der Waals surface area contributed by atoms with Gasteiger partial charge in [0, 0.05) is 18.6 Å². The number of carbonyl (C=O) groups excluding carboxylic acids is 1. The Hall–Kier alpha value is -2.20. The van der Waals surface area contributed by atoms with Gasteiger partial charge in [0.2, 0.25) is 12.2 Å². The number of aliphatic hydroxyl groups is 4. The van der Waals surface area contributed by atoms with Crippen LogP contribution in [-0.2, 0) is 23.7 Å². The van der Waals surface area contributed by atoms with E-state index in [2.05, 4.69) is 21.3 Å². The van der Waals surface area contributed by atoms with E-state index in [1.54, 1.807) is 7.05 Å². The first-order valence-corrected chi connectivity index (χ1v) is 16.3. The van der Waals surface area contributed by atoms with Crippen LogP contribution >= 0.6 is 0 Å². The second-order valence-electron chi connectivity index (χ2n) is 13.4. The molecule has 47 heavy (non-hydrogen) atoms. The summed E-state index contributed by atoms with van der Waals surface area (Å²) in [5.74, 6) is -0.0909. The maximum Gasteiger partial charge on any atom is 0.249 e. The van der Waals surface area contributed by atoms with Crippen molar-refractivity contribution in [3.8, 4) is 0 Å². The zero-order chi connectivity index (χ0) is 34.5. The number of rotatable bonds is 14. The lowest BCUT2D eigenvalue weighted by Gasteiger charge is -2.49. The lowest BCUT2D eigenvalue weighted by atomic mass is 9.81. The first-order valence-electron chi connectivity index (χ1n) is 16.3. The zero-order valence-electron chi connectivity index (χ0n) is 27.1. The number of hydrogen-bond acceptors (Lipinski definition) is 15. The molecular formula is C29H55N9O9. The predicted molar refractivity (Wildman–Crippen MR) is 169 cm³/mol. The summed E-state index contributed by atoms with van der Waals surface area (Å²) in [6.07, 6.45) is -4.45. The molecule has 2 heterocycles. The predicted octanol–water partition coefficient (Wildman–Crippen LogP) is -5.09. The fourth-order valence-corrected chi connectivity index (χ4v) is 6.72. The van der Waals surface area contributed by atoms with Crippen LogP contribution in [0.3, 0.4) is 0 Å². The standard InChI is InChI=1S/C29H55N9O9/c1-29(43)12-44-27(21(41)24(29)35-2)47-23-18(38-25(42)19(39)5-6-36-28(33)34)9-16(32)22(20(23)40)46-26-17(4-3-15(10-30)45-26)37-11-13-7-14(31)8-13/h3,13-14,16-24,26-27,35,37,39-41,43H,4-12,30-32H2,1-2H3,(H,38,42)(H4,33,34,36)/t13?,14?,16-,17+,18+,19-,20-,21+,22?,23-,24+,26+,27+,29-/m0/s1. The number of hydrogen-bond donors (Lipinski definition) is 13. The van der Waals surface area contributed by atoms with Gasteiger partial charge in [-0.15, -0.1) is 0 Å². The monoisotopic (exact) mass is 673 g/mol. The molecule has 0 aromatic rings. The molecule has 0 radical (unpaired) electrons. The highest BCUT2D eigenvalue weighted by Gasteiger charge is 2.52. The summed E-state index contributed by atoms with van der Waals surface area (Å²) >= 11 is 0. The van der Waals surface area contributed by atoms with E-state index < -0.39 is 72.7 Å². The van der Waals surface area contributed by atoms with E-state index in [-0.39, 0.29) is 50.6 Å². The van der Waals surface area contributed by atoms with Gasteiger partial charge in [-0.05, 0) is 64.6 Å². The second kappa shape index (κ2) is 16.5. The molecule has 0 spiro atoms. The maximum absolute atomic E-state index is 13.0. The number of ether oxygens (including phenoxy) is 4. The van der Waals surface area contributed by atoms with Gasteiger partial charge in [0.25, 0.3) is 0 Å². The van der Waals surface area contributed by atoms with E-state index in [0.29, 0.717) is 24.6 Å². The maximum atomic E-state index is 13.0. The smallest absolute Gasteiger partial charge is 0.249 e. The van der Waals surface area contributed by atoms with Gasteiger partial charge >= 0.3 is 0 Å². The molecule has 2 saturated carbocycles. The van der Waals surface area contributed by atoms with Crippen molar-refractivity contribution < 1.29 is 44.2 Å². The Morgan fingerprint density at radius 2 is 1.85 bits per heavy atom. The van der Waals surface area contributed by atoms with Crippen molar-refractivity contribution in [2.75, 3.05) is 33.3 Å². The number of nitrogens with one attached hydrogen (secondary N) is 5. The fraction of sp³-hybridized carbons (Fsp3) is 0.862. The Bertz CT molecular complexity index is 1080. The SMILES string of the molecule is CN[C@@H]1[C@@H](O)[C@@H](O[C@H]2[C@H](NC(=O)[C@@H](O)CCNC(=N)N)C[C@H](N)C(O[C@H]3OC(CN)=CC[C@H]3NCC3CC(N)C3)[C@@H]2O)OC[C@]1(C)O. The molecular weight excluding hydrogens is 618 g/mol. The quantitative estimate of drug-likeness (QED) is 0.0606. The van der Waals surface area contributed by atoms with Gasteiger partial charge in [-0.1, -0.05) is 0 Å². The molecule has 17 N–H and O–H groups in total. The lowest BCUT2D eigenvalue weighted by molar-refractivity contribution is -0.304. The normalized spacial score (nSPS) is 41.2. The highest BCUT2D eigenvalue weighted by Crippen LogP contribution is 2.33. The average Bonchev–Trinajstić information content (AvgIpc) is 2.99. The van der Waals surface area contributed by atoms with Gasteiger partial charge in [0.15, 0.2) is 12.2 Å². The average molecular weight is 674 g/mol. The summed E-state index contributed by atoms with van der Waals surface area (Å²) in [6, 6.07) is -2.68. The molecule has 2 aliphatic heterocycles. The van der Waals surface area contributed by atoms with Gasteiger partial charge in [0.05, 0.1) is 31.3 Å². The minimum absolute atomic E-state index is 0.0510. The summed E-state index contributed by atoms with van der Waals surface area (Å²) < 4.78 is 24.3. The van der Waals surface area contributed by atoms with Crippen molar-refractivity contribution in [1.82, 2.24) is 21.3 Å². The third-order valence-corrected chi connectivity index (χ3v) is 9.44. The van der Waals surface area contributed by atoms with Crippen LogP contribution < -0.4 is 44.2 Å². The van der Waals surface area contributed by atoms with Crippen LogP contribution in [0, 0.1) is 11.3 Å². The molecule has 1 saturated heterocycles. The molecule has 18 nitrogen and oxygen atoms in total. The number of guanidine groups is 1. The number of carbonyl (C=O) groups is 1. The third-order valence-electron chi connectivity index (χ3n) is 9.44. The van der Waals surface area contributed by atoms with E-state index >= 15 is 0 Å². The molecule has 1 unspecified atom stereocenters. The third kappa shape index (κ3) is 9.49. The molecule has 4 aliphatic rings. The van der Waals surface area contributed by atoms with Gasteiger partial charge in [-0.3, -0.25) is 10.2 Å². The van der Waals surface area contributed by atoms with Gasteiger partial charge < -0.3 is 83.6 Å².